The minimum atomic E-state index is 0.687. The van der Waals surface area contributed by atoms with Crippen LogP contribution in [-0.2, 0) is 0 Å². The zero-order valence-corrected chi connectivity index (χ0v) is 28.5. The van der Waals surface area contributed by atoms with Gasteiger partial charge in [0.15, 0.2) is 5.82 Å². The number of nitrogens with zero attached hydrogens (tertiary/aromatic N) is 2. The van der Waals surface area contributed by atoms with Gasteiger partial charge in [0.05, 0.1) is 11.4 Å². The summed E-state index contributed by atoms with van der Waals surface area (Å²) in [6.45, 7) is 4.36. The summed E-state index contributed by atoms with van der Waals surface area (Å²) in [6, 6.07) is 59.5. The van der Waals surface area contributed by atoms with Gasteiger partial charge in [0.25, 0.3) is 0 Å². The van der Waals surface area contributed by atoms with Crippen LogP contribution in [-0.4, -0.2) is 9.97 Å². The summed E-state index contributed by atoms with van der Waals surface area (Å²) in [6.07, 6.45) is 0. The second kappa shape index (κ2) is 12.7. The first-order valence-corrected chi connectivity index (χ1v) is 17.3. The van der Waals surface area contributed by atoms with E-state index in [0.717, 1.165) is 66.7 Å². The van der Waals surface area contributed by atoms with Crippen molar-refractivity contribution in [2.24, 2.45) is 0 Å². The summed E-state index contributed by atoms with van der Waals surface area (Å²) in [5.74, 6) is 0.687. The Hall–Kier alpha value is -6.58. The molecule has 3 heteroatoms. The van der Waals surface area contributed by atoms with Crippen LogP contribution in [0, 0.1) is 13.8 Å². The number of benzene rings is 7. The molecule has 242 valence electrons. The highest BCUT2D eigenvalue weighted by molar-refractivity contribution is 6.13. The predicted molar refractivity (Wildman–Crippen MR) is 211 cm³/mol. The van der Waals surface area contributed by atoms with Crippen molar-refractivity contribution in [3.63, 3.8) is 0 Å². The fraction of sp³-hybridized carbons (Fsp3) is 0.0417. The van der Waals surface area contributed by atoms with E-state index in [-0.39, 0.29) is 0 Å². The lowest BCUT2D eigenvalue weighted by Gasteiger charge is -2.12. The average molecular weight is 655 g/mol. The van der Waals surface area contributed by atoms with Crippen LogP contribution >= 0.6 is 0 Å². The van der Waals surface area contributed by atoms with E-state index in [1.807, 2.05) is 36.4 Å². The van der Waals surface area contributed by atoms with Gasteiger partial charge in [0.1, 0.15) is 11.2 Å². The maximum atomic E-state index is 6.45. The van der Waals surface area contributed by atoms with Gasteiger partial charge in [-0.05, 0) is 94.8 Å². The fourth-order valence-corrected chi connectivity index (χ4v) is 7.13. The highest BCUT2D eigenvalue weighted by atomic mass is 16.3. The smallest absolute Gasteiger partial charge is 0.160 e. The molecule has 0 spiro atoms. The lowest BCUT2D eigenvalue weighted by Crippen LogP contribution is -1.96. The number of hydrogen-bond donors (Lipinski definition) is 0. The summed E-state index contributed by atoms with van der Waals surface area (Å²) in [5.41, 5.74) is 16.2. The van der Waals surface area contributed by atoms with Crippen molar-refractivity contribution in [2.75, 3.05) is 0 Å². The molecule has 0 fully saturated rings. The number of aromatic nitrogens is 2. The average Bonchev–Trinajstić information content (AvgIpc) is 3.57. The van der Waals surface area contributed by atoms with Gasteiger partial charge >= 0.3 is 0 Å². The van der Waals surface area contributed by atoms with Crippen molar-refractivity contribution in [2.45, 2.75) is 13.8 Å². The number of hydrogen-bond acceptors (Lipinski definition) is 3. The standard InChI is InChI=1S/C48H34N2O/c1-31-13-9-10-20-39(31)41-28-35(24-23-32(41)2)36-25-26-45-42(29-36)47-40(21-12-22-46(47)51-45)37-18-11-19-38(27-37)48-49-43(33-14-5-3-6-15-33)30-44(50-48)34-16-7-4-8-17-34/h3-30H,1-2H3. The first-order valence-electron chi connectivity index (χ1n) is 17.3. The number of fused-ring (bicyclic) bond motifs is 3. The van der Waals surface area contributed by atoms with Crippen molar-refractivity contribution in [3.05, 3.63) is 181 Å². The molecular weight excluding hydrogens is 621 g/mol. The molecule has 2 heterocycles. The van der Waals surface area contributed by atoms with E-state index in [1.165, 1.54) is 27.8 Å². The highest BCUT2D eigenvalue weighted by Gasteiger charge is 2.16. The largest absolute Gasteiger partial charge is 0.456 e. The van der Waals surface area contributed by atoms with Crippen LogP contribution in [0.5, 0.6) is 0 Å². The van der Waals surface area contributed by atoms with Gasteiger partial charge in [0.2, 0.25) is 0 Å². The van der Waals surface area contributed by atoms with Crippen LogP contribution in [0.1, 0.15) is 11.1 Å². The maximum Gasteiger partial charge on any atom is 0.160 e. The third-order valence-electron chi connectivity index (χ3n) is 9.80. The molecule has 2 aromatic heterocycles. The number of furan rings is 1. The SMILES string of the molecule is Cc1ccccc1-c1cc(-c2ccc3oc4cccc(-c5cccc(-c6nc(-c7ccccc7)cc(-c7ccccc7)n6)c5)c4c3c2)ccc1C. The van der Waals surface area contributed by atoms with Crippen molar-refractivity contribution in [1.29, 1.82) is 0 Å². The van der Waals surface area contributed by atoms with Crippen LogP contribution in [0.4, 0.5) is 0 Å². The molecule has 0 aliphatic heterocycles. The first kappa shape index (κ1) is 30.5. The Morgan fingerprint density at radius 3 is 1.71 bits per heavy atom. The van der Waals surface area contributed by atoms with Crippen LogP contribution in [0.25, 0.3) is 89.2 Å². The monoisotopic (exact) mass is 654 g/mol. The minimum Gasteiger partial charge on any atom is -0.456 e. The van der Waals surface area contributed by atoms with Crippen molar-refractivity contribution in [1.82, 2.24) is 9.97 Å². The Bertz CT molecular complexity index is 2650. The molecule has 0 N–H and O–H groups in total. The Kier molecular flexibility index (Phi) is 7.59. The quantitative estimate of drug-likeness (QED) is 0.179. The molecule has 51 heavy (non-hydrogen) atoms. The molecule has 0 amide bonds. The lowest BCUT2D eigenvalue weighted by molar-refractivity contribution is 0.669. The van der Waals surface area contributed by atoms with E-state index in [0.29, 0.717) is 5.82 Å². The molecule has 0 radical (unpaired) electrons. The molecular formula is C48H34N2O. The Labute approximate surface area is 297 Å². The van der Waals surface area contributed by atoms with Gasteiger partial charge in [0, 0.05) is 27.5 Å². The first-order chi connectivity index (χ1) is 25.1. The molecule has 0 aliphatic rings. The fourth-order valence-electron chi connectivity index (χ4n) is 7.13. The summed E-state index contributed by atoms with van der Waals surface area (Å²) in [7, 11) is 0. The number of rotatable bonds is 6. The summed E-state index contributed by atoms with van der Waals surface area (Å²) >= 11 is 0. The second-order valence-corrected chi connectivity index (χ2v) is 13.1. The molecule has 9 aromatic rings. The van der Waals surface area contributed by atoms with Gasteiger partial charge in [-0.15, -0.1) is 0 Å². The van der Waals surface area contributed by atoms with Crippen LogP contribution in [0.2, 0.25) is 0 Å². The molecule has 0 aliphatic carbocycles. The summed E-state index contributed by atoms with van der Waals surface area (Å²) in [5, 5.41) is 2.19. The van der Waals surface area contributed by atoms with E-state index in [9.17, 15) is 0 Å². The number of aryl methyl sites for hydroxylation is 2. The van der Waals surface area contributed by atoms with Gasteiger partial charge < -0.3 is 4.42 Å². The Balaban J connectivity index is 1.17. The third-order valence-corrected chi connectivity index (χ3v) is 9.80. The van der Waals surface area contributed by atoms with Gasteiger partial charge in [-0.2, -0.15) is 0 Å². The maximum absolute atomic E-state index is 6.45. The Morgan fingerprint density at radius 2 is 0.961 bits per heavy atom. The Morgan fingerprint density at radius 1 is 0.373 bits per heavy atom. The van der Waals surface area contributed by atoms with E-state index in [2.05, 4.69) is 147 Å². The molecule has 9 rings (SSSR count). The van der Waals surface area contributed by atoms with Gasteiger partial charge in [-0.25, -0.2) is 9.97 Å². The zero-order valence-electron chi connectivity index (χ0n) is 28.5. The van der Waals surface area contributed by atoms with Gasteiger partial charge in [-0.1, -0.05) is 133 Å². The third kappa shape index (κ3) is 5.69. The molecule has 0 atom stereocenters. The van der Waals surface area contributed by atoms with E-state index < -0.39 is 0 Å². The van der Waals surface area contributed by atoms with Crippen LogP contribution in [0.15, 0.2) is 174 Å². The zero-order chi connectivity index (χ0) is 34.3. The topological polar surface area (TPSA) is 38.9 Å². The molecule has 7 aromatic carbocycles. The predicted octanol–water partition coefficient (Wildman–Crippen LogP) is 13.0. The van der Waals surface area contributed by atoms with Crippen molar-refractivity contribution in [3.8, 4) is 67.3 Å². The van der Waals surface area contributed by atoms with Gasteiger partial charge in [-0.3, -0.25) is 0 Å². The van der Waals surface area contributed by atoms with Crippen molar-refractivity contribution < 1.29 is 4.42 Å². The second-order valence-electron chi connectivity index (χ2n) is 13.1. The normalized spacial score (nSPS) is 11.3. The van der Waals surface area contributed by atoms with E-state index >= 15 is 0 Å². The summed E-state index contributed by atoms with van der Waals surface area (Å²) < 4.78 is 6.45. The molecule has 0 bridgehead atoms. The van der Waals surface area contributed by atoms with E-state index in [1.54, 1.807) is 0 Å². The van der Waals surface area contributed by atoms with Crippen LogP contribution in [0.3, 0.4) is 0 Å². The van der Waals surface area contributed by atoms with Crippen LogP contribution < -0.4 is 0 Å². The minimum absolute atomic E-state index is 0.687. The molecule has 0 saturated heterocycles. The van der Waals surface area contributed by atoms with Crippen molar-refractivity contribution >= 4 is 21.9 Å². The van der Waals surface area contributed by atoms with E-state index in [4.69, 9.17) is 14.4 Å². The molecule has 0 saturated carbocycles. The molecule has 3 nitrogen and oxygen atoms in total. The summed E-state index contributed by atoms with van der Waals surface area (Å²) in [4.78, 5) is 10.2. The molecule has 0 unspecified atom stereocenters. The highest BCUT2D eigenvalue weighted by Crippen LogP contribution is 2.40. The lowest BCUT2D eigenvalue weighted by atomic mass is 9.92.